The minimum absolute atomic E-state index is 0.0145. The Morgan fingerprint density at radius 3 is 2.75 bits per heavy atom. The molecule has 0 aliphatic heterocycles. The number of carbonyl (C=O) groups excluding carboxylic acids is 1. The summed E-state index contributed by atoms with van der Waals surface area (Å²) in [7, 11) is -2.03. The van der Waals surface area contributed by atoms with Crippen molar-refractivity contribution in [1.82, 2.24) is 13.9 Å². The van der Waals surface area contributed by atoms with Gasteiger partial charge in [-0.15, -0.1) is 11.3 Å². The van der Waals surface area contributed by atoms with Crippen LogP contribution in [0.4, 0.5) is 0 Å². The largest absolute Gasteiger partial charge is 0.462 e. The van der Waals surface area contributed by atoms with Crippen LogP contribution in [0.25, 0.3) is 10.8 Å². The Morgan fingerprint density at radius 2 is 2.11 bits per heavy atom. The smallest absolute Gasteiger partial charge is 0.355 e. The Hall–Kier alpha value is -2.43. The summed E-state index contributed by atoms with van der Waals surface area (Å²) in [4.78, 5) is 16.9. The Labute approximate surface area is 167 Å². The molecule has 0 spiro atoms. The summed E-state index contributed by atoms with van der Waals surface area (Å²) in [6, 6.07) is 4.91. The third kappa shape index (κ3) is 4.03. The van der Waals surface area contributed by atoms with E-state index in [1.807, 2.05) is 0 Å². The number of aryl methyl sites for hydroxylation is 1. The van der Waals surface area contributed by atoms with Crippen molar-refractivity contribution < 1.29 is 22.4 Å². The first-order chi connectivity index (χ1) is 13.4. The topological polar surface area (TPSA) is 94.6 Å². The van der Waals surface area contributed by atoms with E-state index in [2.05, 4.69) is 4.98 Å². The van der Waals surface area contributed by atoms with Crippen LogP contribution in [0.5, 0.6) is 0 Å². The number of hydrogen-bond donors (Lipinski definition) is 0. The predicted molar refractivity (Wildman–Crippen MR) is 104 cm³/mol. The average molecular weight is 424 g/mol. The summed E-state index contributed by atoms with van der Waals surface area (Å²) >= 11 is 1.39. The third-order valence-electron chi connectivity index (χ3n) is 4.17. The number of sulfonamides is 1. The summed E-state index contributed by atoms with van der Waals surface area (Å²) in [5.41, 5.74) is 0.752. The van der Waals surface area contributed by atoms with E-state index in [4.69, 9.17) is 9.15 Å². The molecule has 0 atom stereocenters. The Bertz CT molecular complexity index is 1050. The molecule has 28 heavy (non-hydrogen) atoms. The van der Waals surface area contributed by atoms with Gasteiger partial charge in [0.15, 0.2) is 10.8 Å². The lowest BCUT2D eigenvalue weighted by Crippen LogP contribution is -2.30. The van der Waals surface area contributed by atoms with Crippen LogP contribution in [0.15, 0.2) is 45.4 Å². The zero-order valence-electron chi connectivity index (χ0n) is 15.8. The van der Waals surface area contributed by atoms with Crippen molar-refractivity contribution in [2.24, 2.45) is 7.05 Å². The van der Waals surface area contributed by atoms with Crippen LogP contribution in [-0.4, -0.2) is 41.3 Å². The molecule has 0 radical (unpaired) electrons. The van der Waals surface area contributed by atoms with Gasteiger partial charge in [-0.05, 0) is 18.2 Å². The number of rotatable bonds is 8. The van der Waals surface area contributed by atoms with Gasteiger partial charge in [-0.25, -0.2) is 18.2 Å². The molecule has 0 unspecified atom stereocenters. The second kappa shape index (κ2) is 8.29. The molecule has 3 aromatic heterocycles. The maximum absolute atomic E-state index is 12.6. The number of nitrogens with zero attached hydrogens (tertiary/aromatic N) is 3. The van der Waals surface area contributed by atoms with Crippen molar-refractivity contribution in [1.29, 1.82) is 0 Å². The molecule has 8 nitrogen and oxygen atoms in total. The highest BCUT2D eigenvalue weighted by Crippen LogP contribution is 2.24. The summed E-state index contributed by atoms with van der Waals surface area (Å²) in [6.07, 6.45) is 2.98. The molecular formula is C18H21N3O5S2. The third-order valence-corrected chi connectivity index (χ3v) is 7.09. The number of esters is 1. The van der Waals surface area contributed by atoms with Gasteiger partial charge in [-0.2, -0.15) is 4.31 Å². The highest BCUT2D eigenvalue weighted by atomic mass is 32.2. The van der Waals surface area contributed by atoms with Crippen LogP contribution in [0, 0.1) is 0 Å². The molecule has 3 heterocycles. The molecule has 150 valence electrons. The van der Waals surface area contributed by atoms with Gasteiger partial charge in [0.05, 0.1) is 12.0 Å². The van der Waals surface area contributed by atoms with Gasteiger partial charge >= 0.3 is 5.97 Å². The van der Waals surface area contributed by atoms with Crippen LogP contribution in [0.1, 0.15) is 30.0 Å². The number of aromatic nitrogens is 2. The fourth-order valence-corrected chi connectivity index (χ4v) is 4.99. The van der Waals surface area contributed by atoms with E-state index in [-0.39, 0.29) is 17.2 Å². The molecule has 10 heteroatoms. The van der Waals surface area contributed by atoms with Crippen molar-refractivity contribution in [2.75, 3.05) is 13.1 Å². The molecule has 0 fully saturated rings. The van der Waals surface area contributed by atoms with E-state index in [9.17, 15) is 13.2 Å². The fourth-order valence-electron chi connectivity index (χ4n) is 2.69. The first kappa shape index (κ1) is 20.3. The molecule has 0 saturated heterocycles. The molecular weight excluding hydrogens is 402 g/mol. The zero-order valence-corrected chi connectivity index (χ0v) is 17.4. The second-order valence-corrected chi connectivity index (χ2v) is 8.75. The highest BCUT2D eigenvalue weighted by molar-refractivity contribution is 7.89. The van der Waals surface area contributed by atoms with Crippen molar-refractivity contribution in [3.63, 3.8) is 0 Å². The molecule has 0 bridgehead atoms. The summed E-state index contributed by atoms with van der Waals surface area (Å²) in [5, 5.41) is 2.48. The van der Waals surface area contributed by atoms with E-state index in [0.717, 1.165) is 0 Å². The second-order valence-electron chi connectivity index (χ2n) is 5.96. The van der Waals surface area contributed by atoms with Gasteiger partial charge in [0, 0.05) is 31.7 Å². The molecule has 0 saturated carbocycles. The van der Waals surface area contributed by atoms with E-state index in [1.165, 1.54) is 32.5 Å². The fraction of sp³-hybridized carbons (Fsp3) is 0.333. The lowest BCUT2D eigenvalue weighted by Gasteiger charge is -2.17. The standard InChI is InChI=1S/C18H21N3O5S2/c1-4-21(5-2)28(23,24)14-9-15(20(3)10-14)18(22)26-11-13-12-27-17(19-13)16-7-6-8-25-16/h6-10,12H,4-5,11H2,1-3H3. The normalized spacial score (nSPS) is 11.9. The van der Waals surface area contributed by atoms with Crippen molar-refractivity contribution in [3.05, 3.63) is 47.4 Å². The average Bonchev–Trinajstić information content (AvgIpc) is 3.40. The minimum Gasteiger partial charge on any atom is -0.462 e. The molecule has 0 aliphatic carbocycles. The van der Waals surface area contributed by atoms with Crippen molar-refractivity contribution in [3.8, 4) is 10.8 Å². The van der Waals surface area contributed by atoms with Crippen LogP contribution < -0.4 is 0 Å². The lowest BCUT2D eigenvalue weighted by molar-refractivity contribution is 0.0457. The number of thiazole rings is 1. The molecule has 0 N–H and O–H groups in total. The Morgan fingerprint density at radius 1 is 1.36 bits per heavy atom. The van der Waals surface area contributed by atoms with E-state index in [0.29, 0.717) is 29.6 Å². The Balaban J connectivity index is 1.71. The molecule has 0 amide bonds. The number of ether oxygens (including phenoxy) is 1. The number of furan rings is 1. The van der Waals surface area contributed by atoms with Gasteiger partial charge in [-0.3, -0.25) is 0 Å². The van der Waals surface area contributed by atoms with Crippen molar-refractivity contribution >= 4 is 27.3 Å². The Kier molecular flexibility index (Phi) is 6.01. The van der Waals surface area contributed by atoms with Crippen molar-refractivity contribution in [2.45, 2.75) is 25.3 Å². The van der Waals surface area contributed by atoms with Crippen LogP contribution >= 0.6 is 11.3 Å². The molecule has 0 aromatic carbocycles. The van der Waals surface area contributed by atoms with Crippen LogP contribution in [-0.2, 0) is 28.4 Å². The van der Waals surface area contributed by atoms with Gasteiger partial charge < -0.3 is 13.7 Å². The molecule has 0 aliphatic rings. The number of hydrogen-bond acceptors (Lipinski definition) is 7. The summed E-state index contributed by atoms with van der Waals surface area (Å²) < 4.78 is 38.6. The highest BCUT2D eigenvalue weighted by Gasteiger charge is 2.26. The van der Waals surface area contributed by atoms with Crippen LogP contribution in [0.2, 0.25) is 0 Å². The van der Waals surface area contributed by atoms with E-state index >= 15 is 0 Å². The lowest BCUT2D eigenvalue weighted by atomic mass is 10.4. The van der Waals surface area contributed by atoms with Gasteiger partial charge in [0.1, 0.15) is 17.2 Å². The van der Waals surface area contributed by atoms with Gasteiger partial charge in [0.25, 0.3) is 0 Å². The van der Waals surface area contributed by atoms with E-state index in [1.54, 1.807) is 44.7 Å². The SMILES string of the molecule is CCN(CC)S(=O)(=O)c1cc(C(=O)OCc2csc(-c3ccco3)n2)n(C)c1. The summed E-state index contributed by atoms with van der Waals surface area (Å²) in [6.45, 7) is 4.23. The predicted octanol–water partition coefficient (Wildman–Crippen LogP) is 3.13. The first-order valence-electron chi connectivity index (χ1n) is 8.68. The maximum Gasteiger partial charge on any atom is 0.355 e. The minimum atomic E-state index is -3.64. The molecule has 3 rings (SSSR count). The maximum atomic E-state index is 12.6. The quantitative estimate of drug-likeness (QED) is 0.517. The van der Waals surface area contributed by atoms with Crippen LogP contribution in [0.3, 0.4) is 0 Å². The molecule has 3 aromatic rings. The zero-order chi connectivity index (χ0) is 20.3. The number of carbonyl (C=O) groups is 1. The monoisotopic (exact) mass is 423 g/mol. The van der Waals surface area contributed by atoms with Gasteiger partial charge in [-0.1, -0.05) is 13.8 Å². The first-order valence-corrected chi connectivity index (χ1v) is 11.0. The summed E-state index contributed by atoms with van der Waals surface area (Å²) in [5.74, 6) is 0.0345. The van der Waals surface area contributed by atoms with E-state index < -0.39 is 16.0 Å². The van der Waals surface area contributed by atoms with Gasteiger partial charge in [0.2, 0.25) is 10.0 Å².